The van der Waals surface area contributed by atoms with Gasteiger partial charge in [-0.25, -0.2) is 9.37 Å². The molecule has 0 atom stereocenters. The van der Waals surface area contributed by atoms with Gasteiger partial charge in [-0.05, 0) is 36.4 Å². The molecule has 8 nitrogen and oxygen atoms in total. The molecule has 0 saturated carbocycles. The van der Waals surface area contributed by atoms with Crippen LogP contribution in [-0.2, 0) is 13.7 Å². The number of rotatable bonds is 6. The molecular weight excluding hydrogens is 375 g/mol. The summed E-state index contributed by atoms with van der Waals surface area (Å²) in [5.74, 6) is 3.56. The molecule has 1 aromatic carbocycles. The van der Waals surface area contributed by atoms with E-state index in [1.54, 1.807) is 13.2 Å². The summed E-state index contributed by atoms with van der Waals surface area (Å²) in [6.07, 6.45) is 1.25. The molecule has 0 N–H and O–H groups in total. The van der Waals surface area contributed by atoms with Crippen LogP contribution in [0.1, 0.15) is 5.82 Å². The molecule has 0 radical (unpaired) electrons. The van der Waals surface area contributed by atoms with Gasteiger partial charge in [0, 0.05) is 33.2 Å². The van der Waals surface area contributed by atoms with E-state index in [4.69, 9.17) is 9.47 Å². The molecule has 29 heavy (non-hydrogen) atoms. The number of aromatic nitrogens is 4. The normalized spacial score (nSPS) is 14.2. The van der Waals surface area contributed by atoms with Crippen LogP contribution in [0.3, 0.4) is 0 Å². The fraction of sp³-hybridized carbons (Fsp3) is 0.350. The van der Waals surface area contributed by atoms with Crippen LogP contribution < -0.4 is 19.3 Å². The molecule has 0 aliphatic carbocycles. The topological polar surface area (TPSA) is 68.5 Å². The molecule has 0 unspecified atom stereocenters. The lowest BCUT2D eigenvalue weighted by Crippen LogP contribution is -2.47. The highest BCUT2D eigenvalue weighted by Gasteiger charge is 2.22. The number of benzene rings is 1. The third kappa shape index (κ3) is 4.23. The van der Waals surface area contributed by atoms with Crippen molar-refractivity contribution in [3.63, 3.8) is 0 Å². The van der Waals surface area contributed by atoms with Crippen LogP contribution in [0.15, 0.2) is 42.6 Å². The SMILES string of the molecule is COc1ccc(OCc2nnc(N3CCN(c4ccc(F)cn4)CC3)n2C)cc1. The van der Waals surface area contributed by atoms with Crippen molar-refractivity contribution in [1.29, 1.82) is 0 Å². The number of halogens is 1. The average Bonchev–Trinajstić information content (AvgIpc) is 3.13. The molecule has 1 fully saturated rings. The first-order chi connectivity index (χ1) is 14.1. The summed E-state index contributed by atoms with van der Waals surface area (Å²) in [4.78, 5) is 8.48. The highest BCUT2D eigenvalue weighted by Crippen LogP contribution is 2.20. The van der Waals surface area contributed by atoms with E-state index < -0.39 is 0 Å². The molecule has 0 amide bonds. The Balaban J connectivity index is 1.35. The molecule has 3 heterocycles. The first-order valence-corrected chi connectivity index (χ1v) is 9.40. The van der Waals surface area contributed by atoms with Gasteiger partial charge in [-0.15, -0.1) is 10.2 Å². The zero-order valence-corrected chi connectivity index (χ0v) is 16.5. The third-order valence-electron chi connectivity index (χ3n) is 4.97. The van der Waals surface area contributed by atoms with Gasteiger partial charge in [-0.2, -0.15) is 0 Å². The van der Waals surface area contributed by atoms with Gasteiger partial charge in [-0.1, -0.05) is 0 Å². The van der Waals surface area contributed by atoms with Gasteiger partial charge in [-0.3, -0.25) is 4.57 Å². The van der Waals surface area contributed by atoms with Crippen molar-refractivity contribution in [1.82, 2.24) is 19.7 Å². The monoisotopic (exact) mass is 398 g/mol. The van der Waals surface area contributed by atoms with Crippen LogP contribution in [0.25, 0.3) is 0 Å². The number of pyridine rings is 1. The van der Waals surface area contributed by atoms with E-state index >= 15 is 0 Å². The van der Waals surface area contributed by atoms with Crippen LogP contribution in [0.4, 0.5) is 16.2 Å². The highest BCUT2D eigenvalue weighted by molar-refractivity contribution is 5.42. The second-order valence-electron chi connectivity index (χ2n) is 6.75. The molecular formula is C20H23FN6O2. The van der Waals surface area contributed by atoms with Crippen LogP contribution in [-0.4, -0.2) is 53.0 Å². The maximum atomic E-state index is 13.1. The Labute approximate surface area is 168 Å². The number of hydrogen-bond acceptors (Lipinski definition) is 7. The summed E-state index contributed by atoms with van der Waals surface area (Å²) < 4.78 is 26.0. The lowest BCUT2D eigenvalue weighted by Gasteiger charge is -2.35. The highest BCUT2D eigenvalue weighted by atomic mass is 19.1. The Morgan fingerprint density at radius 3 is 2.28 bits per heavy atom. The Morgan fingerprint density at radius 1 is 0.931 bits per heavy atom. The standard InChI is InChI=1S/C20H23FN6O2/c1-25-19(14-29-17-6-4-16(28-2)5-7-17)23-24-20(25)27-11-9-26(10-12-27)18-8-3-15(21)13-22-18/h3-8,13H,9-12,14H2,1-2H3. The predicted octanol–water partition coefficient (Wildman–Crippen LogP) is 2.26. The van der Waals surface area contributed by atoms with E-state index in [1.807, 2.05) is 35.9 Å². The summed E-state index contributed by atoms with van der Waals surface area (Å²) in [5, 5.41) is 8.62. The van der Waals surface area contributed by atoms with Gasteiger partial charge in [0.15, 0.2) is 5.82 Å². The minimum absolute atomic E-state index is 0.323. The predicted molar refractivity (Wildman–Crippen MR) is 107 cm³/mol. The molecule has 152 valence electrons. The van der Waals surface area contributed by atoms with Crippen molar-refractivity contribution in [3.8, 4) is 11.5 Å². The van der Waals surface area contributed by atoms with E-state index in [-0.39, 0.29) is 5.82 Å². The minimum atomic E-state index is -0.323. The summed E-state index contributed by atoms with van der Waals surface area (Å²) in [7, 11) is 3.57. The molecule has 0 bridgehead atoms. The van der Waals surface area contributed by atoms with Gasteiger partial charge in [0.1, 0.15) is 29.7 Å². The zero-order valence-electron chi connectivity index (χ0n) is 16.5. The number of hydrogen-bond donors (Lipinski definition) is 0. The number of methoxy groups -OCH3 is 1. The average molecular weight is 398 g/mol. The number of ether oxygens (including phenoxy) is 2. The van der Waals surface area contributed by atoms with Crippen LogP contribution >= 0.6 is 0 Å². The molecule has 0 spiro atoms. The van der Waals surface area contributed by atoms with E-state index in [1.165, 1.54) is 12.3 Å². The molecule has 3 aromatic rings. The largest absolute Gasteiger partial charge is 0.497 e. The van der Waals surface area contributed by atoms with Gasteiger partial charge in [0.25, 0.3) is 0 Å². The summed E-state index contributed by atoms with van der Waals surface area (Å²) in [6, 6.07) is 10.6. The van der Waals surface area contributed by atoms with E-state index in [0.29, 0.717) is 6.61 Å². The summed E-state index contributed by atoms with van der Waals surface area (Å²) in [5.41, 5.74) is 0. The van der Waals surface area contributed by atoms with Crippen LogP contribution in [0.5, 0.6) is 11.5 Å². The Hall–Kier alpha value is -3.36. The lowest BCUT2D eigenvalue weighted by molar-refractivity contribution is 0.290. The number of anilines is 2. The molecule has 1 aliphatic rings. The molecule has 2 aromatic heterocycles. The number of piperazine rings is 1. The van der Waals surface area contributed by atoms with Gasteiger partial charge >= 0.3 is 0 Å². The van der Waals surface area contributed by atoms with Crippen molar-refractivity contribution < 1.29 is 13.9 Å². The minimum Gasteiger partial charge on any atom is -0.497 e. The van der Waals surface area contributed by atoms with Gasteiger partial charge in [0.2, 0.25) is 5.95 Å². The Bertz CT molecular complexity index is 937. The zero-order chi connectivity index (χ0) is 20.2. The lowest BCUT2D eigenvalue weighted by atomic mass is 10.3. The van der Waals surface area contributed by atoms with Crippen molar-refractivity contribution in [2.24, 2.45) is 7.05 Å². The van der Waals surface area contributed by atoms with Crippen molar-refractivity contribution in [2.75, 3.05) is 43.1 Å². The quantitative estimate of drug-likeness (QED) is 0.631. The van der Waals surface area contributed by atoms with Gasteiger partial charge < -0.3 is 19.3 Å². The molecule has 9 heteroatoms. The van der Waals surface area contributed by atoms with Crippen molar-refractivity contribution in [2.45, 2.75) is 6.61 Å². The van der Waals surface area contributed by atoms with Crippen molar-refractivity contribution in [3.05, 3.63) is 54.2 Å². The molecule has 1 saturated heterocycles. The fourth-order valence-electron chi connectivity index (χ4n) is 3.26. The molecule has 4 rings (SSSR count). The molecule has 1 aliphatic heterocycles. The van der Waals surface area contributed by atoms with E-state index in [0.717, 1.165) is 55.3 Å². The maximum Gasteiger partial charge on any atom is 0.227 e. The van der Waals surface area contributed by atoms with E-state index in [2.05, 4.69) is 25.0 Å². The second-order valence-corrected chi connectivity index (χ2v) is 6.75. The fourth-order valence-corrected chi connectivity index (χ4v) is 3.26. The van der Waals surface area contributed by atoms with Crippen LogP contribution in [0.2, 0.25) is 0 Å². The Kier molecular flexibility index (Phi) is 5.46. The Morgan fingerprint density at radius 2 is 1.62 bits per heavy atom. The second kappa shape index (κ2) is 8.34. The first-order valence-electron chi connectivity index (χ1n) is 9.40. The van der Waals surface area contributed by atoms with Gasteiger partial charge in [0.05, 0.1) is 13.3 Å². The van der Waals surface area contributed by atoms with Crippen molar-refractivity contribution >= 4 is 11.8 Å². The summed E-state index contributed by atoms with van der Waals surface area (Å²) in [6.45, 7) is 3.45. The summed E-state index contributed by atoms with van der Waals surface area (Å²) >= 11 is 0. The first kappa shape index (κ1) is 19.0. The maximum absolute atomic E-state index is 13.1. The van der Waals surface area contributed by atoms with Crippen LogP contribution in [0, 0.1) is 5.82 Å². The third-order valence-corrected chi connectivity index (χ3v) is 4.97. The number of nitrogens with zero attached hydrogens (tertiary/aromatic N) is 6. The van der Waals surface area contributed by atoms with E-state index in [9.17, 15) is 4.39 Å². The smallest absolute Gasteiger partial charge is 0.227 e.